The first kappa shape index (κ1) is 13.2. The Balaban J connectivity index is 2.25. The summed E-state index contributed by atoms with van der Waals surface area (Å²) >= 11 is 0. The fraction of sp³-hybridized carbons (Fsp3) is 0.538. The van der Waals surface area contributed by atoms with Gasteiger partial charge >= 0.3 is 0 Å². The Kier molecular flexibility index (Phi) is 4.49. The lowest BCUT2D eigenvalue weighted by atomic mass is 10.0. The van der Waals surface area contributed by atoms with Crippen LogP contribution in [0.2, 0.25) is 0 Å². The molecule has 1 saturated heterocycles. The summed E-state index contributed by atoms with van der Waals surface area (Å²) in [6.07, 6.45) is 0.275. The normalized spacial score (nSPS) is 18.8. The second kappa shape index (κ2) is 6.11. The average molecular weight is 256 g/mol. The van der Waals surface area contributed by atoms with Gasteiger partial charge in [0.05, 0.1) is 6.67 Å². The summed E-state index contributed by atoms with van der Waals surface area (Å²) in [5.41, 5.74) is 0.481. The zero-order valence-electron chi connectivity index (χ0n) is 10.2. The molecule has 1 fully saturated rings. The van der Waals surface area contributed by atoms with Gasteiger partial charge in [-0.25, -0.2) is 4.39 Å². The highest BCUT2D eigenvalue weighted by Gasteiger charge is 2.25. The monoisotopic (exact) mass is 256 g/mol. The standard InChI is InChI=1S/C13H18F2N2O/c14-5-4-12(17-8-6-16-7-9-17)10-2-1-3-11(15)13(10)18/h1-3,12,16,18H,4-9H2/t12-/m0/s1. The number of aromatic hydroxyl groups is 1. The van der Waals surface area contributed by atoms with Gasteiger partial charge in [0.25, 0.3) is 0 Å². The summed E-state index contributed by atoms with van der Waals surface area (Å²) in [4.78, 5) is 2.09. The largest absolute Gasteiger partial charge is 0.505 e. The first-order valence-electron chi connectivity index (χ1n) is 6.22. The number of piperazine rings is 1. The molecule has 3 nitrogen and oxygen atoms in total. The fourth-order valence-electron chi connectivity index (χ4n) is 2.43. The van der Waals surface area contributed by atoms with E-state index in [0.29, 0.717) is 5.56 Å². The second-order valence-corrected chi connectivity index (χ2v) is 4.46. The molecule has 2 rings (SSSR count). The molecule has 1 heterocycles. The van der Waals surface area contributed by atoms with Crippen LogP contribution in [0.5, 0.6) is 5.75 Å². The molecule has 1 atom stereocenters. The number of benzene rings is 1. The molecular formula is C13H18F2N2O. The Morgan fingerprint density at radius 1 is 1.33 bits per heavy atom. The van der Waals surface area contributed by atoms with Gasteiger partial charge in [0, 0.05) is 37.8 Å². The van der Waals surface area contributed by atoms with Crippen LogP contribution in [0.1, 0.15) is 18.0 Å². The van der Waals surface area contributed by atoms with Gasteiger partial charge in [-0.15, -0.1) is 0 Å². The van der Waals surface area contributed by atoms with Gasteiger partial charge in [-0.3, -0.25) is 9.29 Å². The van der Waals surface area contributed by atoms with E-state index < -0.39 is 12.5 Å². The molecule has 18 heavy (non-hydrogen) atoms. The number of phenolic OH excluding ortho intramolecular Hbond substituents is 1. The molecule has 5 heteroatoms. The highest BCUT2D eigenvalue weighted by molar-refractivity contribution is 5.36. The number of nitrogens with zero attached hydrogens (tertiary/aromatic N) is 1. The van der Waals surface area contributed by atoms with Gasteiger partial charge in [-0.1, -0.05) is 12.1 Å². The Hall–Kier alpha value is -1.20. The summed E-state index contributed by atoms with van der Waals surface area (Å²) in [7, 11) is 0. The van der Waals surface area contributed by atoms with Crippen molar-refractivity contribution in [3.63, 3.8) is 0 Å². The number of hydrogen-bond acceptors (Lipinski definition) is 3. The third kappa shape index (κ3) is 2.79. The molecule has 0 bridgehead atoms. The molecule has 1 aliphatic heterocycles. The topological polar surface area (TPSA) is 35.5 Å². The molecule has 0 radical (unpaired) electrons. The molecule has 0 unspecified atom stereocenters. The number of para-hydroxylation sites is 1. The number of alkyl halides is 1. The first-order chi connectivity index (χ1) is 8.74. The summed E-state index contributed by atoms with van der Waals surface area (Å²) in [6.45, 7) is 2.74. The van der Waals surface area contributed by atoms with Crippen molar-refractivity contribution in [1.82, 2.24) is 10.2 Å². The second-order valence-electron chi connectivity index (χ2n) is 4.46. The average Bonchev–Trinajstić information content (AvgIpc) is 2.41. The lowest BCUT2D eigenvalue weighted by Gasteiger charge is -2.35. The quantitative estimate of drug-likeness (QED) is 0.863. The Morgan fingerprint density at radius 3 is 2.72 bits per heavy atom. The van der Waals surface area contributed by atoms with Gasteiger partial charge in [0.15, 0.2) is 11.6 Å². The van der Waals surface area contributed by atoms with Crippen molar-refractivity contribution in [3.8, 4) is 5.75 Å². The van der Waals surface area contributed by atoms with Crippen LogP contribution in [0.15, 0.2) is 18.2 Å². The predicted molar refractivity (Wildman–Crippen MR) is 65.8 cm³/mol. The number of nitrogens with one attached hydrogen (secondary N) is 1. The SMILES string of the molecule is Oc1c(F)cccc1[C@H](CCF)N1CCNCC1. The minimum Gasteiger partial charge on any atom is -0.505 e. The molecule has 0 aliphatic carbocycles. The van der Waals surface area contributed by atoms with Crippen molar-refractivity contribution in [2.24, 2.45) is 0 Å². The van der Waals surface area contributed by atoms with E-state index >= 15 is 0 Å². The van der Waals surface area contributed by atoms with Crippen molar-refractivity contribution in [2.45, 2.75) is 12.5 Å². The van der Waals surface area contributed by atoms with E-state index in [1.807, 2.05) is 0 Å². The molecule has 1 aromatic rings. The van der Waals surface area contributed by atoms with Crippen LogP contribution in [-0.2, 0) is 0 Å². The van der Waals surface area contributed by atoms with Crippen LogP contribution in [-0.4, -0.2) is 42.9 Å². The molecule has 1 aliphatic rings. The van der Waals surface area contributed by atoms with Crippen molar-refractivity contribution in [3.05, 3.63) is 29.6 Å². The maximum absolute atomic E-state index is 13.4. The Labute approximate surface area is 105 Å². The molecule has 100 valence electrons. The molecule has 1 aromatic carbocycles. The molecule has 0 saturated carbocycles. The highest BCUT2D eigenvalue weighted by atomic mass is 19.1. The number of hydrogen-bond donors (Lipinski definition) is 2. The fourth-order valence-corrected chi connectivity index (χ4v) is 2.43. The zero-order valence-corrected chi connectivity index (χ0v) is 10.2. The van der Waals surface area contributed by atoms with Gasteiger partial charge in [-0.05, 0) is 12.5 Å². The lowest BCUT2D eigenvalue weighted by molar-refractivity contribution is 0.154. The van der Waals surface area contributed by atoms with Crippen molar-refractivity contribution >= 4 is 0 Å². The third-order valence-corrected chi connectivity index (χ3v) is 3.35. The van der Waals surface area contributed by atoms with Gasteiger partial charge in [0.2, 0.25) is 0 Å². The Bertz CT molecular complexity index is 395. The van der Waals surface area contributed by atoms with Crippen LogP contribution >= 0.6 is 0 Å². The highest BCUT2D eigenvalue weighted by Crippen LogP contribution is 2.33. The Morgan fingerprint density at radius 2 is 2.06 bits per heavy atom. The van der Waals surface area contributed by atoms with Crippen LogP contribution in [0.4, 0.5) is 8.78 Å². The minimum atomic E-state index is -0.647. The van der Waals surface area contributed by atoms with E-state index in [2.05, 4.69) is 10.2 Å². The van der Waals surface area contributed by atoms with Crippen molar-refractivity contribution < 1.29 is 13.9 Å². The lowest BCUT2D eigenvalue weighted by Crippen LogP contribution is -2.45. The third-order valence-electron chi connectivity index (χ3n) is 3.35. The van der Waals surface area contributed by atoms with E-state index in [9.17, 15) is 13.9 Å². The molecular weight excluding hydrogens is 238 g/mol. The number of phenols is 1. The summed E-state index contributed by atoms with van der Waals surface area (Å²) < 4.78 is 26.1. The van der Waals surface area contributed by atoms with Gasteiger partial charge < -0.3 is 10.4 Å². The smallest absolute Gasteiger partial charge is 0.165 e. The number of halogens is 2. The van der Waals surface area contributed by atoms with Crippen LogP contribution in [0.25, 0.3) is 0 Å². The van der Waals surface area contributed by atoms with E-state index in [4.69, 9.17) is 0 Å². The maximum atomic E-state index is 13.4. The molecule has 0 amide bonds. The molecule has 0 aromatic heterocycles. The first-order valence-corrected chi connectivity index (χ1v) is 6.22. The summed E-state index contributed by atoms with van der Waals surface area (Å²) in [5.74, 6) is -0.999. The summed E-state index contributed by atoms with van der Waals surface area (Å²) in [5, 5.41) is 13.0. The molecule has 2 N–H and O–H groups in total. The van der Waals surface area contributed by atoms with Crippen molar-refractivity contribution in [2.75, 3.05) is 32.9 Å². The van der Waals surface area contributed by atoms with E-state index in [1.54, 1.807) is 12.1 Å². The van der Waals surface area contributed by atoms with E-state index in [0.717, 1.165) is 26.2 Å². The van der Waals surface area contributed by atoms with Gasteiger partial charge in [-0.2, -0.15) is 0 Å². The van der Waals surface area contributed by atoms with Crippen LogP contribution in [0.3, 0.4) is 0 Å². The van der Waals surface area contributed by atoms with E-state index in [-0.39, 0.29) is 18.2 Å². The minimum absolute atomic E-state index is 0.257. The number of rotatable bonds is 4. The maximum Gasteiger partial charge on any atom is 0.165 e. The van der Waals surface area contributed by atoms with Crippen LogP contribution in [0, 0.1) is 5.82 Å². The van der Waals surface area contributed by atoms with E-state index in [1.165, 1.54) is 6.07 Å². The molecule has 0 spiro atoms. The van der Waals surface area contributed by atoms with Gasteiger partial charge in [0.1, 0.15) is 0 Å². The predicted octanol–water partition coefficient (Wildman–Crippen LogP) is 1.84. The van der Waals surface area contributed by atoms with Crippen molar-refractivity contribution in [1.29, 1.82) is 0 Å². The van der Waals surface area contributed by atoms with Crippen LogP contribution < -0.4 is 5.32 Å². The zero-order chi connectivity index (χ0) is 13.0. The summed E-state index contributed by atoms with van der Waals surface area (Å²) in [6, 6.07) is 4.18.